The van der Waals surface area contributed by atoms with E-state index in [1.807, 2.05) is 30.3 Å². The van der Waals surface area contributed by atoms with Crippen LogP contribution in [0.3, 0.4) is 0 Å². The van der Waals surface area contributed by atoms with Gasteiger partial charge in [0.15, 0.2) is 5.65 Å². The molecule has 30 heavy (non-hydrogen) atoms. The van der Waals surface area contributed by atoms with Gasteiger partial charge in [0.1, 0.15) is 18.0 Å². The maximum absolute atomic E-state index is 12.7. The van der Waals surface area contributed by atoms with E-state index >= 15 is 0 Å². The average molecular weight is 409 g/mol. The molecule has 0 radical (unpaired) electrons. The van der Waals surface area contributed by atoms with Crippen molar-refractivity contribution >= 4 is 17.0 Å². The second-order valence-electron chi connectivity index (χ2n) is 7.10. The lowest BCUT2D eigenvalue weighted by Gasteiger charge is -2.14. The lowest BCUT2D eigenvalue weighted by atomic mass is 10.2. The molecule has 4 aromatic rings. The normalized spacial score (nSPS) is 21.5. The van der Waals surface area contributed by atoms with Gasteiger partial charge in [-0.25, -0.2) is 4.68 Å². The number of aromatic amines is 1. The fourth-order valence-corrected chi connectivity index (χ4v) is 3.73. The van der Waals surface area contributed by atoms with Crippen LogP contribution in [0.5, 0.6) is 0 Å². The van der Waals surface area contributed by atoms with Crippen LogP contribution in [0.4, 0.5) is 5.95 Å². The molecular formula is C19H19N7O4. The van der Waals surface area contributed by atoms with Crippen molar-refractivity contribution in [2.75, 3.05) is 12.3 Å². The smallest absolute Gasteiger partial charge is 0.262 e. The highest BCUT2D eigenvalue weighted by Gasteiger charge is 2.36. The first kappa shape index (κ1) is 18.5. The van der Waals surface area contributed by atoms with Gasteiger partial charge in [-0.05, 0) is 12.1 Å². The zero-order chi connectivity index (χ0) is 20.8. The zero-order valence-electron chi connectivity index (χ0n) is 15.7. The summed E-state index contributed by atoms with van der Waals surface area (Å²) < 4.78 is 8.99. The molecule has 0 unspecified atom stereocenters. The molecule has 1 aliphatic rings. The van der Waals surface area contributed by atoms with Crippen molar-refractivity contribution in [1.82, 2.24) is 29.5 Å². The highest BCUT2D eigenvalue weighted by Crippen LogP contribution is 2.35. The summed E-state index contributed by atoms with van der Waals surface area (Å²) in [4.78, 5) is 19.5. The minimum absolute atomic E-state index is 0.0383. The number of rotatable bonds is 4. The third-order valence-corrected chi connectivity index (χ3v) is 5.19. The molecule has 5 N–H and O–H groups in total. The number of hydrogen-bond acceptors (Lipinski definition) is 8. The van der Waals surface area contributed by atoms with Crippen molar-refractivity contribution in [3.05, 3.63) is 53.1 Å². The van der Waals surface area contributed by atoms with Crippen LogP contribution in [0, 0.1) is 0 Å². The van der Waals surface area contributed by atoms with E-state index in [1.54, 1.807) is 21.6 Å². The summed E-state index contributed by atoms with van der Waals surface area (Å²) in [7, 11) is 0. The Labute approximate surface area is 169 Å². The van der Waals surface area contributed by atoms with Crippen LogP contribution in [-0.2, 0) is 4.74 Å². The predicted molar refractivity (Wildman–Crippen MR) is 107 cm³/mol. The number of nitrogen functional groups attached to an aromatic ring is 1. The number of anilines is 1. The van der Waals surface area contributed by atoms with Crippen LogP contribution in [0.2, 0.25) is 0 Å². The SMILES string of the molecule is Nc1nc2c(c(-c3cn(-c4ccccc4)nn3)cn2[C@H]2C[C@H](O)[C@@H](CO)O2)c(=O)[nH]1. The van der Waals surface area contributed by atoms with Crippen molar-refractivity contribution in [1.29, 1.82) is 0 Å². The van der Waals surface area contributed by atoms with Crippen molar-refractivity contribution in [3.8, 4) is 16.9 Å². The molecule has 1 saturated heterocycles. The molecule has 4 heterocycles. The fourth-order valence-electron chi connectivity index (χ4n) is 3.73. The topological polar surface area (TPSA) is 157 Å². The molecule has 3 atom stereocenters. The largest absolute Gasteiger partial charge is 0.394 e. The highest BCUT2D eigenvalue weighted by molar-refractivity contribution is 5.92. The summed E-state index contributed by atoms with van der Waals surface area (Å²) in [6.07, 6.45) is 1.47. The Bertz CT molecular complexity index is 1260. The summed E-state index contributed by atoms with van der Waals surface area (Å²) in [6, 6.07) is 9.46. The quantitative estimate of drug-likeness (QED) is 0.372. The molecule has 0 saturated carbocycles. The van der Waals surface area contributed by atoms with E-state index in [9.17, 15) is 15.0 Å². The molecule has 0 amide bonds. The standard InChI is InChI=1S/C19H19N7O4/c20-19-21-17-16(18(29)22-19)11(7-25(17)15-6-13(28)14(9-27)30-15)12-8-26(24-23-12)10-4-2-1-3-5-10/h1-5,7-8,13-15,27-28H,6,9H2,(H3,20,21,22,29)/t13-,14+,15+/m0/s1. The third-order valence-electron chi connectivity index (χ3n) is 5.19. The van der Waals surface area contributed by atoms with Gasteiger partial charge in [-0.3, -0.25) is 9.78 Å². The van der Waals surface area contributed by atoms with Crippen molar-refractivity contribution in [2.45, 2.75) is 24.9 Å². The van der Waals surface area contributed by atoms with Gasteiger partial charge in [-0.15, -0.1) is 5.10 Å². The van der Waals surface area contributed by atoms with Crippen LogP contribution >= 0.6 is 0 Å². The molecule has 1 aliphatic heterocycles. The van der Waals surface area contributed by atoms with Crippen LogP contribution < -0.4 is 11.3 Å². The number of fused-ring (bicyclic) bond motifs is 1. The second-order valence-corrected chi connectivity index (χ2v) is 7.10. The van der Waals surface area contributed by atoms with E-state index in [-0.39, 0.29) is 24.4 Å². The summed E-state index contributed by atoms with van der Waals surface area (Å²) in [5.74, 6) is -0.0383. The Morgan fingerprint density at radius 1 is 1.27 bits per heavy atom. The van der Waals surface area contributed by atoms with Crippen molar-refractivity contribution < 1.29 is 14.9 Å². The van der Waals surface area contributed by atoms with Gasteiger partial charge in [0.25, 0.3) is 5.56 Å². The number of ether oxygens (including phenoxy) is 1. The number of nitrogens with zero attached hydrogens (tertiary/aromatic N) is 5. The Kier molecular flexibility index (Phi) is 4.35. The Morgan fingerprint density at radius 2 is 2.07 bits per heavy atom. The van der Waals surface area contributed by atoms with Crippen molar-refractivity contribution in [3.63, 3.8) is 0 Å². The van der Waals surface area contributed by atoms with Crippen LogP contribution in [0.25, 0.3) is 28.0 Å². The van der Waals surface area contributed by atoms with Gasteiger partial charge in [0.05, 0.1) is 30.0 Å². The van der Waals surface area contributed by atoms with E-state index in [1.165, 1.54) is 0 Å². The van der Waals surface area contributed by atoms with E-state index in [0.29, 0.717) is 16.9 Å². The fraction of sp³-hybridized carbons (Fsp3) is 0.263. The van der Waals surface area contributed by atoms with Gasteiger partial charge in [-0.2, -0.15) is 4.98 Å². The van der Waals surface area contributed by atoms with Gasteiger partial charge < -0.3 is 25.3 Å². The number of aliphatic hydroxyl groups is 2. The number of benzene rings is 1. The first-order valence-electron chi connectivity index (χ1n) is 9.38. The molecule has 1 fully saturated rings. The van der Waals surface area contributed by atoms with Crippen molar-refractivity contribution in [2.24, 2.45) is 0 Å². The first-order valence-corrected chi connectivity index (χ1v) is 9.38. The van der Waals surface area contributed by atoms with E-state index in [0.717, 1.165) is 5.69 Å². The Morgan fingerprint density at radius 3 is 2.80 bits per heavy atom. The molecule has 1 aromatic carbocycles. The molecule has 154 valence electrons. The number of para-hydroxylation sites is 1. The number of nitrogens with one attached hydrogen (secondary N) is 1. The van der Waals surface area contributed by atoms with E-state index < -0.39 is 24.0 Å². The number of nitrogens with two attached hydrogens (primary N) is 1. The number of hydrogen-bond donors (Lipinski definition) is 4. The third kappa shape index (κ3) is 2.96. The minimum Gasteiger partial charge on any atom is -0.394 e. The number of H-pyrrole nitrogens is 1. The van der Waals surface area contributed by atoms with Crippen LogP contribution in [0.1, 0.15) is 12.6 Å². The summed E-state index contributed by atoms with van der Waals surface area (Å²) in [5, 5.41) is 28.2. The van der Waals surface area contributed by atoms with Crippen LogP contribution in [-0.4, -0.2) is 58.6 Å². The maximum Gasteiger partial charge on any atom is 0.262 e. The summed E-state index contributed by atoms with van der Waals surface area (Å²) in [5.41, 5.74) is 7.44. The van der Waals surface area contributed by atoms with Gasteiger partial charge >= 0.3 is 0 Å². The monoisotopic (exact) mass is 409 g/mol. The van der Waals surface area contributed by atoms with Gasteiger partial charge in [0, 0.05) is 18.2 Å². The molecule has 0 spiro atoms. The zero-order valence-corrected chi connectivity index (χ0v) is 15.7. The number of aromatic nitrogens is 6. The minimum atomic E-state index is -0.834. The van der Waals surface area contributed by atoms with Crippen LogP contribution in [0.15, 0.2) is 47.5 Å². The number of aliphatic hydroxyl groups excluding tert-OH is 2. The second kappa shape index (κ2) is 7.06. The van der Waals surface area contributed by atoms with Gasteiger partial charge in [0.2, 0.25) is 5.95 Å². The Hall–Kier alpha value is -3.54. The highest BCUT2D eigenvalue weighted by atomic mass is 16.5. The average Bonchev–Trinajstić information content (AvgIpc) is 3.45. The Balaban J connectivity index is 1.65. The molecular weight excluding hydrogens is 390 g/mol. The first-order chi connectivity index (χ1) is 14.5. The van der Waals surface area contributed by atoms with E-state index in [4.69, 9.17) is 10.5 Å². The lowest BCUT2D eigenvalue weighted by molar-refractivity contribution is -0.0430. The molecule has 11 nitrogen and oxygen atoms in total. The molecule has 5 rings (SSSR count). The molecule has 11 heteroatoms. The summed E-state index contributed by atoms with van der Waals surface area (Å²) in [6.45, 7) is -0.314. The van der Waals surface area contributed by atoms with E-state index in [2.05, 4.69) is 20.3 Å². The molecule has 0 aliphatic carbocycles. The van der Waals surface area contributed by atoms with Gasteiger partial charge in [-0.1, -0.05) is 23.4 Å². The molecule has 3 aromatic heterocycles. The predicted octanol–water partition coefficient (Wildman–Crippen LogP) is 0.195. The maximum atomic E-state index is 12.7. The summed E-state index contributed by atoms with van der Waals surface area (Å²) >= 11 is 0. The molecule has 0 bridgehead atoms. The lowest BCUT2D eigenvalue weighted by Crippen LogP contribution is -2.24.